The zero-order valence-corrected chi connectivity index (χ0v) is 12.0. The van der Waals surface area contributed by atoms with Crippen molar-refractivity contribution in [1.29, 1.82) is 0 Å². The predicted molar refractivity (Wildman–Crippen MR) is 83.8 cm³/mol. The van der Waals surface area contributed by atoms with E-state index in [-0.39, 0.29) is 11.4 Å². The van der Waals surface area contributed by atoms with E-state index in [2.05, 4.69) is 4.98 Å². The first kappa shape index (κ1) is 14.2. The first-order valence-electron chi connectivity index (χ1n) is 6.47. The maximum atomic E-state index is 12.2. The molecule has 0 amide bonds. The van der Waals surface area contributed by atoms with Gasteiger partial charge in [0.15, 0.2) is 5.69 Å². The van der Waals surface area contributed by atoms with Crippen LogP contribution in [0.15, 0.2) is 59.4 Å². The molecule has 0 radical (unpaired) electrons. The van der Waals surface area contributed by atoms with Gasteiger partial charge in [0.1, 0.15) is 0 Å². The van der Waals surface area contributed by atoms with Gasteiger partial charge in [0, 0.05) is 10.6 Å². The van der Waals surface area contributed by atoms with Crippen molar-refractivity contribution < 1.29 is 9.90 Å². The van der Waals surface area contributed by atoms with E-state index in [0.717, 1.165) is 4.57 Å². The molecule has 0 saturated heterocycles. The number of hydrogen-bond acceptors (Lipinski definition) is 2. The molecule has 0 atom stereocenters. The molecule has 0 unspecified atom stereocenters. The number of aromatic nitrogens is 2. The number of carboxylic acid groups (broad SMARTS) is 1. The number of aromatic carboxylic acids is 1. The third kappa shape index (κ3) is 2.42. The summed E-state index contributed by atoms with van der Waals surface area (Å²) in [7, 11) is 0. The first-order chi connectivity index (χ1) is 10.6. The molecule has 6 heteroatoms. The maximum absolute atomic E-state index is 12.2. The molecule has 3 rings (SSSR count). The third-order valence-electron chi connectivity index (χ3n) is 3.23. The Morgan fingerprint density at radius 3 is 2.45 bits per heavy atom. The number of halogens is 1. The molecular weight excluding hydrogens is 304 g/mol. The summed E-state index contributed by atoms with van der Waals surface area (Å²) < 4.78 is 1.14. The van der Waals surface area contributed by atoms with Crippen LogP contribution in [0.3, 0.4) is 0 Å². The maximum Gasteiger partial charge on any atom is 0.355 e. The van der Waals surface area contributed by atoms with Gasteiger partial charge in [-0.15, -0.1) is 0 Å². The van der Waals surface area contributed by atoms with Gasteiger partial charge in [0.05, 0.1) is 11.4 Å². The fourth-order valence-electron chi connectivity index (χ4n) is 2.31. The lowest BCUT2D eigenvalue weighted by molar-refractivity contribution is 0.0689. The molecule has 2 N–H and O–H groups in total. The van der Waals surface area contributed by atoms with Gasteiger partial charge in [-0.05, 0) is 24.3 Å². The van der Waals surface area contributed by atoms with Crippen molar-refractivity contribution in [3.8, 4) is 16.9 Å². The van der Waals surface area contributed by atoms with Gasteiger partial charge in [-0.2, -0.15) is 0 Å². The van der Waals surface area contributed by atoms with Crippen molar-refractivity contribution in [3.05, 3.63) is 75.8 Å². The smallest absolute Gasteiger partial charge is 0.355 e. The van der Waals surface area contributed by atoms with Crippen molar-refractivity contribution in [3.63, 3.8) is 0 Å². The van der Waals surface area contributed by atoms with E-state index in [9.17, 15) is 14.7 Å². The second kappa shape index (κ2) is 5.54. The van der Waals surface area contributed by atoms with Crippen LogP contribution in [0.5, 0.6) is 0 Å². The molecule has 0 aliphatic rings. The van der Waals surface area contributed by atoms with Crippen LogP contribution in [0.4, 0.5) is 0 Å². The van der Waals surface area contributed by atoms with E-state index >= 15 is 0 Å². The van der Waals surface area contributed by atoms with Crippen LogP contribution in [0.1, 0.15) is 10.5 Å². The Morgan fingerprint density at radius 1 is 1.09 bits per heavy atom. The molecule has 0 bridgehead atoms. The summed E-state index contributed by atoms with van der Waals surface area (Å²) in [4.78, 5) is 26.5. The predicted octanol–water partition coefficient (Wildman–Crippen LogP) is 3.18. The molecule has 3 aromatic rings. The quantitative estimate of drug-likeness (QED) is 0.779. The van der Waals surface area contributed by atoms with Gasteiger partial charge < -0.3 is 10.1 Å². The lowest BCUT2D eigenvalue weighted by Crippen LogP contribution is -2.18. The largest absolute Gasteiger partial charge is 0.476 e. The second-order valence-electron chi connectivity index (χ2n) is 4.64. The number of para-hydroxylation sites is 1. The number of imidazole rings is 1. The van der Waals surface area contributed by atoms with Crippen LogP contribution in [-0.2, 0) is 0 Å². The van der Waals surface area contributed by atoms with E-state index in [4.69, 9.17) is 11.6 Å². The zero-order chi connectivity index (χ0) is 15.7. The normalized spacial score (nSPS) is 10.6. The van der Waals surface area contributed by atoms with Crippen molar-refractivity contribution >= 4 is 17.6 Å². The minimum absolute atomic E-state index is 0.126. The van der Waals surface area contributed by atoms with Gasteiger partial charge in [-0.1, -0.05) is 41.9 Å². The first-order valence-corrected chi connectivity index (χ1v) is 6.85. The summed E-state index contributed by atoms with van der Waals surface area (Å²) in [6.45, 7) is 0. The topological polar surface area (TPSA) is 75.1 Å². The monoisotopic (exact) mass is 314 g/mol. The van der Waals surface area contributed by atoms with Crippen LogP contribution in [0.2, 0.25) is 5.02 Å². The number of hydrogen-bond donors (Lipinski definition) is 2. The molecule has 110 valence electrons. The fourth-order valence-corrected chi connectivity index (χ4v) is 2.50. The van der Waals surface area contributed by atoms with Crippen LogP contribution in [-0.4, -0.2) is 20.6 Å². The molecule has 22 heavy (non-hydrogen) atoms. The molecule has 1 heterocycles. The Bertz CT molecular complexity index is 897. The molecule has 0 fully saturated rings. The molecular formula is C16H11ClN2O3. The van der Waals surface area contributed by atoms with E-state index < -0.39 is 11.7 Å². The van der Waals surface area contributed by atoms with E-state index in [1.807, 2.05) is 0 Å². The van der Waals surface area contributed by atoms with E-state index in [1.165, 1.54) is 0 Å². The van der Waals surface area contributed by atoms with Gasteiger partial charge in [-0.25, -0.2) is 9.59 Å². The molecule has 1 aromatic heterocycles. The molecule has 0 aliphatic heterocycles. The van der Waals surface area contributed by atoms with Crippen molar-refractivity contribution in [2.45, 2.75) is 0 Å². The Morgan fingerprint density at radius 2 is 1.82 bits per heavy atom. The molecule has 2 aromatic carbocycles. The zero-order valence-electron chi connectivity index (χ0n) is 11.3. The third-order valence-corrected chi connectivity index (χ3v) is 3.46. The summed E-state index contributed by atoms with van der Waals surface area (Å²) in [6.07, 6.45) is 0. The standard InChI is InChI=1S/C16H11ClN2O3/c17-11-6-4-5-10(9-11)13-14(15(20)21)19(16(22)18-13)12-7-2-1-3-8-12/h1-9H,(H,18,22)(H,20,21). The Labute approximate surface area is 130 Å². The molecule has 0 spiro atoms. The van der Waals surface area contributed by atoms with Crippen molar-refractivity contribution in [2.75, 3.05) is 0 Å². The molecule has 5 nitrogen and oxygen atoms in total. The minimum atomic E-state index is -1.20. The number of H-pyrrole nitrogens is 1. The lowest BCUT2D eigenvalue weighted by atomic mass is 10.1. The van der Waals surface area contributed by atoms with Crippen molar-refractivity contribution in [1.82, 2.24) is 9.55 Å². The summed E-state index contributed by atoms with van der Waals surface area (Å²) in [6, 6.07) is 15.3. The lowest BCUT2D eigenvalue weighted by Gasteiger charge is -2.06. The van der Waals surface area contributed by atoms with Crippen LogP contribution >= 0.6 is 11.6 Å². The number of aromatic amines is 1. The Hall–Kier alpha value is -2.79. The Balaban J connectivity index is 2.30. The number of nitrogens with one attached hydrogen (secondary N) is 1. The SMILES string of the molecule is O=C(O)c1c(-c2cccc(Cl)c2)[nH]c(=O)n1-c1ccccc1. The summed E-state index contributed by atoms with van der Waals surface area (Å²) >= 11 is 5.94. The Kier molecular flexibility index (Phi) is 3.56. The highest BCUT2D eigenvalue weighted by molar-refractivity contribution is 6.30. The highest BCUT2D eigenvalue weighted by atomic mass is 35.5. The molecule has 0 aliphatic carbocycles. The highest BCUT2D eigenvalue weighted by Crippen LogP contribution is 2.25. The number of benzene rings is 2. The highest BCUT2D eigenvalue weighted by Gasteiger charge is 2.22. The van der Waals surface area contributed by atoms with Crippen LogP contribution in [0, 0.1) is 0 Å². The van der Waals surface area contributed by atoms with E-state index in [0.29, 0.717) is 16.3 Å². The van der Waals surface area contributed by atoms with E-state index in [1.54, 1.807) is 54.6 Å². The summed E-state index contributed by atoms with van der Waals surface area (Å²) in [5.41, 5.74) is 0.604. The van der Waals surface area contributed by atoms with Gasteiger partial charge in [0.25, 0.3) is 0 Å². The van der Waals surface area contributed by atoms with Crippen LogP contribution in [0.25, 0.3) is 16.9 Å². The average Bonchev–Trinajstić information content (AvgIpc) is 2.86. The summed E-state index contributed by atoms with van der Waals surface area (Å²) in [5.74, 6) is -1.20. The number of nitrogens with zero attached hydrogens (tertiary/aromatic N) is 1. The average molecular weight is 315 g/mol. The minimum Gasteiger partial charge on any atom is -0.476 e. The van der Waals surface area contributed by atoms with Gasteiger partial charge in [-0.3, -0.25) is 4.57 Å². The number of rotatable bonds is 3. The van der Waals surface area contributed by atoms with Crippen molar-refractivity contribution in [2.24, 2.45) is 0 Å². The second-order valence-corrected chi connectivity index (χ2v) is 5.08. The van der Waals surface area contributed by atoms with Gasteiger partial charge in [0.2, 0.25) is 0 Å². The molecule has 0 saturated carbocycles. The fraction of sp³-hybridized carbons (Fsp3) is 0. The summed E-state index contributed by atoms with van der Waals surface area (Å²) in [5, 5.41) is 10.00. The van der Waals surface area contributed by atoms with Crippen LogP contribution < -0.4 is 5.69 Å². The number of carbonyl (C=O) groups is 1. The van der Waals surface area contributed by atoms with Gasteiger partial charge >= 0.3 is 11.7 Å². The number of carboxylic acids is 1.